The minimum absolute atomic E-state index is 0.00213. The van der Waals surface area contributed by atoms with E-state index in [0.717, 1.165) is 10.2 Å². The lowest BCUT2D eigenvalue weighted by molar-refractivity contribution is -0.137. The summed E-state index contributed by atoms with van der Waals surface area (Å²) in [5.74, 6) is 0.634. The molecule has 2 aromatic carbocycles. The average Bonchev–Trinajstić information content (AvgIpc) is 3.46. The van der Waals surface area contributed by atoms with Crippen molar-refractivity contribution >= 4 is 33.4 Å². The highest BCUT2D eigenvalue weighted by Crippen LogP contribution is 2.28. The van der Waals surface area contributed by atoms with Gasteiger partial charge in [-0.05, 0) is 54.6 Å². The number of amides is 2. The van der Waals surface area contributed by atoms with Gasteiger partial charge in [-0.3, -0.25) is 9.59 Å². The molecule has 1 fully saturated rings. The van der Waals surface area contributed by atoms with Gasteiger partial charge in [0.2, 0.25) is 0 Å². The largest absolute Gasteiger partial charge is 0.484 e. The molecule has 2 amide bonds. The molecule has 1 unspecified atom stereocenters. The van der Waals surface area contributed by atoms with Crippen molar-refractivity contribution in [3.63, 3.8) is 0 Å². The summed E-state index contributed by atoms with van der Waals surface area (Å²) in [6.07, 6.45) is 0. The van der Waals surface area contributed by atoms with Gasteiger partial charge in [0.1, 0.15) is 16.3 Å². The number of benzene rings is 2. The lowest BCUT2D eigenvalue weighted by atomic mass is 10.1. The summed E-state index contributed by atoms with van der Waals surface area (Å²) >= 11 is 1.66. The van der Waals surface area contributed by atoms with Crippen LogP contribution in [0.3, 0.4) is 0 Å². The lowest BCUT2D eigenvalue weighted by Gasteiger charge is -2.39. The summed E-state index contributed by atoms with van der Waals surface area (Å²) in [5, 5.41) is 3.16. The zero-order chi connectivity index (χ0) is 24.4. The van der Waals surface area contributed by atoms with Gasteiger partial charge in [0, 0.05) is 37.6 Å². The van der Waals surface area contributed by atoms with E-state index in [2.05, 4.69) is 35.1 Å². The molecular formula is C28H29N3O3S. The van der Waals surface area contributed by atoms with Gasteiger partial charge in [-0.25, -0.2) is 0 Å². The molecule has 0 bridgehead atoms. The van der Waals surface area contributed by atoms with Crippen molar-refractivity contribution in [3.8, 4) is 5.75 Å². The van der Waals surface area contributed by atoms with Crippen LogP contribution in [0.5, 0.6) is 5.75 Å². The normalized spacial score (nSPS) is 16.0. The number of nitrogens with zero attached hydrogens (tertiary/aromatic N) is 3. The first-order valence-corrected chi connectivity index (χ1v) is 12.8. The Morgan fingerprint density at radius 1 is 1.03 bits per heavy atom. The van der Waals surface area contributed by atoms with Gasteiger partial charge in [-0.1, -0.05) is 42.5 Å². The minimum Gasteiger partial charge on any atom is -0.484 e. The highest BCUT2D eigenvalue weighted by molar-refractivity contribution is 7.16. The van der Waals surface area contributed by atoms with E-state index in [-0.39, 0.29) is 24.5 Å². The van der Waals surface area contributed by atoms with Gasteiger partial charge < -0.3 is 19.1 Å². The number of thiophene rings is 1. The van der Waals surface area contributed by atoms with Gasteiger partial charge in [-0.2, -0.15) is 0 Å². The molecule has 3 heterocycles. The Hall–Kier alpha value is -3.58. The van der Waals surface area contributed by atoms with Gasteiger partial charge in [-0.15, -0.1) is 11.3 Å². The maximum atomic E-state index is 13.7. The Morgan fingerprint density at radius 3 is 2.57 bits per heavy atom. The molecule has 1 saturated heterocycles. The fourth-order valence-corrected chi connectivity index (χ4v) is 5.58. The topological polar surface area (TPSA) is 54.8 Å². The van der Waals surface area contributed by atoms with E-state index in [1.807, 2.05) is 65.3 Å². The van der Waals surface area contributed by atoms with Crippen molar-refractivity contribution in [2.45, 2.75) is 26.4 Å². The van der Waals surface area contributed by atoms with E-state index < -0.39 is 0 Å². The first-order chi connectivity index (χ1) is 17.0. The maximum Gasteiger partial charge on any atom is 0.270 e. The quantitative estimate of drug-likeness (QED) is 0.392. The molecule has 6 nitrogen and oxygen atoms in total. The number of ether oxygens (including phenoxy) is 1. The predicted octanol–water partition coefficient (Wildman–Crippen LogP) is 4.81. The standard InChI is InChI=1S/C28H29N3O3S/c1-20-8-6-7-9-23(20)18-31-25(16-22-12-15-35-28(22)31)27(33)29-13-14-30(21(2)17-29)26(32)19-34-24-10-4-3-5-11-24/h3-12,15-16,21H,13-14,17-19H2,1-2H3. The zero-order valence-corrected chi connectivity index (χ0v) is 20.8. The number of aryl methyl sites for hydroxylation is 1. The molecule has 2 aromatic heterocycles. The van der Waals surface area contributed by atoms with E-state index in [1.165, 1.54) is 11.1 Å². The van der Waals surface area contributed by atoms with Gasteiger partial charge in [0.05, 0.1) is 0 Å². The van der Waals surface area contributed by atoms with Crippen molar-refractivity contribution in [2.75, 3.05) is 26.2 Å². The monoisotopic (exact) mass is 487 g/mol. The Bertz CT molecular complexity index is 1340. The third-order valence-corrected chi connectivity index (χ3v) is 7.60. The molecule has 0 spiro atoms. The van der Waals surface area contributed by atoms with Crippen LogP contribution >= 0.6 is 11.3 Å². The van der Waals surface area contributed by atoms with E-state index in [4.69, 9.17) is 4.74 Å². The van der Waals surface area contributed by atoms with E-state index >= 15 is 0 Å². The molecule has 1 aliphatic heterocycles. The minimum atomic E-state index is -0.0829. The molecule has 5 rings (SSSR count). The van der Waals surface area contributed by atoms with E-state index in [9.17, 15) is 9.59 Å². The van der Waals surface area contributed by atoms with Crippen LogP contribution in [0.2, 0.25) is 0 Å². The van der Waals surface area contributed by atoms with Crippen molar-refractivity contribution in [3.05, 3.63) is 88.9 Å². The van der Waals surface area contributed by atoms with Crippen LogP contribution in [0.1, 0.15) is 28.5 Å². The van der Waals surface area contributed by atoms with Crippen LogP contribution in [0.4, 0.5) is 0 Å². The second-order valence-corrected chi connectivity index (χ2v) is 9.91. The van der Waals surface area contributed by atoms with Gasteiger partial charge >= 0.3 is 0 Å². The van der Waals surface area contributed by atoms with E-state index in [1.54, 1.807) is 11.3 Å². The number of para-hydroxylation sites is 1. The molecule has 1 aliphatic rings. The first-order valence-electron chi connectivity index (χ1n) is 11.9. The van der Waals surface area contributed by atoms with Gasteiger partial charge in [0.25, 0.3) is 11.8 Å². The van der Waals surface area contributed by atoms with Crippen LogP contribution < -0.4 is 4.74 Å². The third kappa shape index (κ3) is 4.82. The number of aromatic nitrogens is 1. The van der Waals surface area contributed by atoms with Crippen molar-refractivity contribution in [1.29, 1.82) is 0 Å². The van der Waals surface area contributed by atoms with Crippen LogP contribution in [0.15, 0.2) is 72.1 Å². The van der Waals surface area contributed by atoms with E-state index in [0.29, 0.717) is 37.6 Å². The average molecular weight is 488 g/mol. The summed E-state index contributed by atoms with van der Waals surface area (Å²) in [4.78, 5) is 31.3. The first kappa shape index (κ1) is 23.2. The number of fused-ring (bicyclic) bond motifs is 1. The Kier molecular flexibility index (Phi) is 6.59. The number of hydrogen-bond acceptors (Lipinski definition) is 4. The van der Waals surface area contributed by atoms with Crippen molar-refractivity contribution in [2.24, 2.45) is 0 Å². The number of hydrogen-bond donors (Lipinski definition) is 0. The van der Waals surface area contributed by atoms with Crippen LogP contribution in [-0.4, -0.2) is 58.5 Å². The molecule has 4 aromatic rings. The molecule has 180 valence electrons. The second-order valence-electron chi connectivity index (χ2n) is 9.01. The third-order valence-electron chi connectivity index (χ3n) is 6.65. The van der Waals surface area contributed by atoms with Gasteiger partial charge in [0.15, 0.2) is 6.61 Å². The Morgan fingerprint density at radius 2 is 1.80 bits per heavy atom. The highest BCUT2D eigenvalue weighted by Gasteiger charge is 2.32. The second kappa shape index (κ2) is 9.96. The van der Waals surface area contributed by atoms with Crippen LogP contribution in [0, 0.1) is 6.92 Å². The van der Waals surface area contributed by atoms with Crippen molar-refractivity contribution in [1.82, 2.24) is 14.4 Å². The van der Waals surface area contributed by atoms with Crippen LogP contribution in [-0.2, 0) is 11.3 Å². The number of piperazine rings is 1. The molecule has 0 radical (unpaired) electrons. The fourth-order valence-electron chi connectivity index (χ4n) is 4.69. The SMILES string of the molecule is Cc1ccccc1Cn1c(C(=O)N2CCN(C(=O)COc3ccccc3)C(C)C2)cc2ccsc21. The van der Waals surface area contributed by atoms with Crippen LogP contribution in [0.25, 0.3) is 10.2 Å². The Labute approximate surface area is 209 Å². The zero-order valence-electron chi connectivity index (χ0n) is 20.0. The molecule has 1 atom stereocenters. The molecule has 7 heteroatoms. The summed E-state index contributed by atoms with van der Waals surface area (Å²) in [6, 6.07) is 21.6. The molecular weight excluding hydrogens is 458 g/mol. The fraction of sp³-hybridized carbons (Fsp3) is 0.286. The summed E-state index contributed by atoms with van der Waals surface area (Å²) in [7, 11) is 0. The number of carbonyl (C=O) groups is 2. The smallest absolute Gasteiger partial charge is 0.270 e. The highest BCUT2D eigenvalue weighted by atomic mass is 32.1. The Balaban J connectivity index is 1.29. The predicted molar refractivity (Wildman–Crippen MR) is 139 cm³/mol. The molecule has 0 aliphatic carbocycles. The lowest BCUT2D eigenvalue weighted by Crippen LogP contribution is -2.56. The summed E-state index contributed by atoms with van der Waals surface area (Å²) < 4.78 is 7.79. The summed E-state index contributed by atoms with van der Waals surface area (Å²) in [6.45, 7) is 6.25. The molecule has 0 saturated carbocycles. The molecule has 0 N–H and O–H groups in total. The molecule has 35 heavy (non-hydrogen) atoms. The van der Waals surface area contributed by atoms with Crippen molar-refractivity contribution < 1.29 is 14.3 Å². The summed E-state index contributed by atoms with van der Waals surface area (Å²) in [5.41, 5.74) is 3.12. The number of rotatable bonds is 6. The number of carbonyl (C=O) groups excluding carboxylic acids is 2. The maximum absolute atomic E-state index is 13.7.